The molecule has 0 aliphatic carbocycles. The number of ketones is 1. The fourth-order valence-corrected chi connectivity index (χ4v) is 2.50. The van der Waals surface area contributed by atoms with Crippen molar-refractivity contribution >= 4 is 23.0 Å². The van der Waals surface area contributed by atoms with Gasteiger partial charge in [-0.25, -0.2) is 0 Å². The van der Waals surface area contributed by atoms with Gasteiger partial charge >= 0.3 is 0 Å². The maximum atomic E-state index is 12.1. The summed E-state index contributed by atoms with van der Waals surface area (Å²) < 4.78 is 6.73. The number of nitrogens with zero attached hydrogens (tertiary/aromatic N) is 4. The molecule has 0 bridgehead atoms. The smallest absolute Gasteiger partial charge is 0.231 e. The zero-order chi connectivity index (χ0) is 18.5. The Morgan fingerprint density at radius 1 is 1.12 bits per heavy atom. The van der Waals surface area contributed by atoms with E-state index >= 15 is 0 Å². The van der Waals surface area contributed by atoms with Gasteiger partial charge in [0.2, 0.25) is 11.8 Å². The predicted molar refractivity (Wildman–Crippen MR) is 95.3 cm³/mol. The van der Waals surface area contributed by atoms with Gasteiger partial charge in [-0.2, -0.15) is 4.52 Å². The Labute approximate surface area is 150 Å². The first-order valence-electron chi connectivity index (χ1n) is 8.23. The summed E-state index contributed by atoms with van der Waals surface area (Å²) in [5.41, 5.74) is 1.92. The number of rotatable bonds is 7. The van der Waals surface area contributed by atoms with E-state index < -0.39 is 0 Å². The van der Waals surface area contributed by atoms with E-state index in [2.05, 4.69) is 20.6 Å². The fourth-order valence-electron chi connectivity index (χ4n) is 2.50. The lowest BCUT2D eigenvalue weighted by Gasteiger charge is -2.06. The molecule has 0 radical (unpaired) electrons. The lowest BCUT2D eigenvalue weighted by Crippen LogP contribution is -2.12. The molecule has 134 valence electrons. The summed E-state index contributed by atoms with van der Waals surface area (Å²) in [5.74, 6) is 1.05. The lowest BCUT2D eigenvalue weighted by molar-refractivity contribution is -0.116. The molecule has 8 heteroatoms. The van der Waals surface area contributed by atoms with E-state index in [1.54, 1.807) is 48.0 Å². The van der Waals surface area contributed by atoms with Crippen molar-refractivity contribution in [1.29, 1.82) is 0 Å². The van der Waals surface area contributed by atoms with Crippen LogP contribution in [0.2, 0.25) is 0 Å². The minimum absolute atomic E-state index is 0.00588. The highest BCUT2D eigenvalue weighted by Gasteiger charge is 2.09. The first-order chi connectivity index (χ1) is 12.6. The van der Waals surface area contributed by atoms with Crippen molar-refractivity contribution in [2.24, 2.45) is 0 Å². The van der Waals surface area contributed by atoms with Gasteiger partial charge in [0.1, 0.15) is 0 Å². The molecule has 1 amide bonds. The van der Waals surface area contributed by atoms with Gasteiger partial charge in [0.25, 0.3) is 0 Å². The van der Waals surface area contributed by atoms with Crippen LogP contribution < -0.4 is 10.1 Å². The molecule has 0 unspecified atom stereocenters. The highest BCUT2D eigenvalue weighted by molar-refractivity contribution is 5.95. The van der Waals surface area contributed by atoms with Gasteiger partial charge in [0.05, 0.1) is 7.11 Å². The van der Waals surface area contributed by atoms with Crippen molar-refractivity contribution in [1.82, 2.24) is 19.8 Å². The molecule has 3 rings (SSSR count). The molecule has 2 aromatic heterocycles. The Morgan fingerprint density at radius 3 is 2.58 bits per heavy atom. The number of anilines is 1. The third-order valence-electron chi connectivity index (χ3n) is 3.89. The van der Waals surface area contributed by atoms with E-state index in [1.807, 2.05) is 0 Å². The average molecular weight is 353 g/mol. The van der Waals surface area contributed by atoms with E-state index in [0.717, 1.165) is 0 Å². The predicted octanol–water partition coefficient (Wildman–Crippen LogP) is 2.30. The second-order valence-electron chi connectivity index (χ2n) is 5.80. The first-order valence-corrected chi connectivity index (χ1v) is 8.23. The molecule has 2 heterocycles. The SMILES string of the molecule is COc1ccc2nnc(CCCC(=O)Nc3ccc(C(C)=O)cc3)n2n1. The van der Waals surface area contributed by atoms with Gasteiger partial charge in [-0.3, -0.25) is 9.59 Å². The summed E-state index contributed by atoms with van der Waals surface area (Å²) in [6.45, 7) is 1.51. The minimum atomic E-state index is -0.0973. The van der Waals surface area contributed by atoms with Gasteiger partial charge in [-0.15, -0.1) is 15.3 Å². The van der Waals surface area contributed by atoms with Crippen LogP contribution in [0.1, 0.15) is 35.9 Å². The average Bonchev–Trinajstić information content (AvgIpc) is 3.04. The largest absolute Gasteiger partial charge is 0.480 e. The number of nitrogens with one attached hydrogen (secondary N) is 1. The van der Waals surface area contributed by atoms with Crippen LogP contribution in [0.3, 0.4) is 0 Å². The van der Waals surface area contributed by atoms with E-state index in [9.17, 15) is 9.59 Å². The summed E-state index contributed by atoms with van der Waals surface area (Å²) in [6.07, 6.45) is 1.52. The molecule has 1 aromatic carbocycles. The molecular weight excluding hydrogens is 334 g/mol. The highest BCUT2D eigenvalue weighted by Crippen LogP contribution is 2.12. The van der Waals surface area contributed by atoms with Crippen molar-refractivity contribution in [3.05, 3.63) is 47.8 Å². The molecule has 0 aliphatic rings. The van der Waals surface area contributed by atoms with Gasteiger partial charge in [0, 0.05) is 30.2 Å². The monoisotopic (exact) mass is 353 g/mol. The van der Waals surface area contributed by atoms with Crippen LogP contribution in [0.4, 0.5) is 5.69 Å². The first kappa shape index (κ1) is 17.5. The van der Waals surface area contributed by atoms with Crippen LogP contribution >= 0.6 is 0 Å². The molecule has 1 N–H and O–H groups in total. The maximum Gasteiger partial charge on any atom is 0.231 e. The Morgan fingerprint density at radius 2 is 1.88 bits per heavy atom. The lowest BCUT2D eigenvalue weighted by atomic mass is 10.1. The third kappa shape index (κ3) is 4.02. The number of aryl methyl sites for hydroxylation is 1. The maximum absolute atomic E-state index is 12.1. The molecule has 8 nitrogen and oxygen atoms in total. The number of hydrogen-bond acceptors (Lipinski definition) is 6. The Hall–Kier alpha value is -3.29. The number of hydrogen-bond donors (Lipinski definition) is 1. The highest BCUT2D eigenvalue weighted by atomic mass is 16.5. The second-order valence-corrected chi connectivity index (χ2v) is 5.80. The molecule has 26 heavy (non-hydrogen) atoms. The molecule has 0 saturated carbocycles. The van der Waals surface area contributed by atoms with Crippen molar-refractivity contribution < 1.29 is 14.3 Å². The standard InChI is InChI=1S/C18H19N5O3/c1-12(24)13-6-8-14(9-7-13)19-17(25)5-3-4-15-20-21-16-10-11-18(26-2)22-23(15)16/h6-11H,3-5H2,1-2H3,(H,19,25). The van der Waals surface area contributed by atoms with Gasteiger partial charge in [-0.1, -0.05) is 0 Å². The van der Waals surface area contributed by atoms with Crippen LogP contribution in [-0.2, 0) is 11.2 Å². The molecule has 0 aliphatic heterocycles. The molecule has 0 spiro atoms. The summed E-state index contributed by atoms with van der Waals surface area (Å²) in [7, 11) is 1.55. The number of methoxy groups -OCH3 is 1. The van der Waals surface area contributed by atoms with E-state index in [1.165, 1.54) is 6.92 Å². The molecule has 0 saturated heterocycles. The number of carbonyl (C=O) groups excluding carboxylic acids is 2. The molecular formula is C18H19N5O3. The van der Waals surface area contributed by atoms with Crippen LogP contribution in [0, 0.1) is 0 Å². The number of amides is 1. The van der Waals surface area contributed by atoms with E-state index in [-0.39, 0.29) is 11.7 Å². The van der Waals surface area contributed by atoms with Crippen molar-refractivity contribution in [3.63, 3.8) is 0 Å². The second kappa shape index (κ2) is 7.73. The van der Waals surface area contributed by atoms with Crippen LogP contribution in [0.5, 0.6) is 5.88 Å². The normalized spacial score (nSPS) is 10.7. The van der Waals surface area contributed by atoms with Gasteiger partial charge in [0.15, 0.2) is 17.3 Å². The Kier molecular flexibility index (Phi) is 5.21. The summed E-state index contributed by atoms with van der Waals surface area (Å²) >= 11 is 0. The zero-order valence-electron chi connectivity index (χ0n) is 14.6. The topological polar surface area (TPSA) is 98.5 Å². The number of fused-ring (bicyclic) bond motifs is 1. The number of benzene rings is 1. The number of Topliss-reactive ketones (excluding diaryl/α,β-unsaturated/α-hetero) is 1. The van der Waals surface area contributed by atoms with Crippen LogP contribution in [-0.4, -0.2) is 38.6 Å². The van der Waals surface area contributed by atoms with Crippen molar-refractivity contribution in [2.45, 2.75) is 26.2 Å². The van der Waals surface area contributed by atoms with Gasteiger partial charge in [-0.05, 0) is 43.7 Å². The molecule has 3 aromatic rings. The van der Waals surface area contributed by atoms with Gasteiger partial charge < -0.3 is 10.1 Å². The fraction of sp³-hybridized carbons (Fsp3) is 0.278. The Balaban J connectivity index is 1.54. The summed E-state index contributed by atoms with van der Waals surface area (Å²) in [6, 6.07) is 10.3. The van der Waals surface area contributed by atoms with Crippen LogP contribution in [0.25, 0.3) is 5.65 Å². The van der Waals surface area contributed by atoms with Crippen LogP contribution in [0.15, 0.2) is 36.4 Å². The van der Waals surface area contributed by atoms with Crippen molar-refractivity contribution in [2.75, 3.05) is 12.4 Å². The third-order valence-corrected chi connectivity index (χ3v) is 3.89. The van der Waals surface area contributed by atoms with E-state index in [0.29, 0.717) is 47.9 Å². The van der Waals surface area contributed by atoms with Crippen molar-refractivity contribution in [3.8, 4) is 5.88 Å². The number of ether oxygens (including phenoxy) is 1. The van der Waals surface area contributed by atoms with E-state index in [4.69, 9.17) is 4.74 Å². The number of carbonyl (C=O) groups is 2. The molecule has 0 atom stereocenters. The summed E-state index contributed by atoms with van der Waals surface area (Å²) in [5, 5.41) is 15.3. The minimum Gasteiger partial charge on any atom is -0.480 e. The summed E-state index contributed by atoms with van der Waals surface area (Å²) in [4.78, 5) is 23.3. The quantitative estimate of drug-likeness (QED) is 0.655. The number of aromatic nitrogens is 4. The zero-order valence-corrected chi connectivity index (χ0v) is 14.6. The molecule has 0 fully saturated rings. The Bertz CT molecular complexity index is 934.